The molecule has 0 fully saturated rings. The van der Waals surface area contributed by atoms with E-state index in [1.165, 1.54) is 0 Å². The van der Waals surface area contributed by atoms with Gasteiger partial charge in [0.2, 0.25) is 0 Å². The quantitative estimate of drug-likeness (QED) is 0.726. The third kappa shape index (κ3) is 5.15. The smallest absolute Gasteiger partial charge is 0.407 e. The zero-order valence-corrected chi connectivity index (χ0v) is 17.6. The summed E-state index contributed by atoms with van der Waals surface area (Å²) in [4.78, 5) is 24.7. The van der Waals surface area contributed by atoms with Crippen molar-refractivity contribution in [3.05, 3.63) is 35.3 Å². The average Bonchev–Trinajstić information content (AvgIpc) is 3.14. The average molecular weight is 390 g/mol. The molecule has 0 bridgehead atoms. The zero-order chi connectivity index (χ0) is 20.8. The number of nitrogens with one attached hydrogen (secondary N) is 2. The highest BCUT2D eigenvalue weighted by molar-refractivity contribution is 5.97. The molecule has 0 radical (unpaired) electrons. The number of hydrogen-bond acceptors (Lipinski definition) is 4. The summed E-state index contributed by atoms with van der Waals surface area (Å²) in [6.45, 7) is 10.5. The summed E-state index contributed by atoms with van der Waals surface area (Å²) in [6, 6.07) is 3.80. The summed E-state index contributed by atoms with van der Waals surface area (Å²) >= 11 is 0. The summed E-state index contributed by atoms with van der Waals surface area (Å²) in [7, 11) is 1.81. The lowest BCUT2D eigenvalue weighted by Crippen LogP contribution is -2.44. The summed E-state index contributed by atoms with van der Waals surface area (Å²) < 4.78 is 8.66. The molecule has 2 aromatic rings. The van der Waals surface area contributed by atoms with Crippen molar-refractivity contribution in [3.63, 3.8) is 0 Å². The van der Waals surface area contributed by atoms with Crippen molar-refractivity contribution in [3.8, 4) is 5.82 Å². The van der Waals surface area contributed by atoms with Crippen molar-refractivity contribution >= 4 is 12.0 Å². The predicted octanol–water partition coefficient (Wildman–Crippen LogP) is 2.72. The summed E-state index contributed by atoms with van der Waals surface area (Å²) in [5.74, 6) is 0.856. The van der Waals surface area contributed by atoms with Gasteiger partial charge in [0.25, 0.3) is 5.91 Å². The van der Waals surface area contributed by atoms with E-state index in [1.54, 1.807) is 17.8 Å². The molecule has 2 heterocycles. The van der Waals surface area contributed by atoms with Crippen LogP contribution in [0.25, 0.3) is 5.82 Å². The molecule has 154 valence electrons. The van der Waals surface area contributed by atoms with Crippen molar-refractivity contribution in [2.45, 2.75) is 47.1 Å². The van der Waals surface area contributed by atoms with Gasteiger partial charge in [-0.15, -0.1) is 0 Å². The Morgan fingerprint density at radius 3 is 2.43 bits per heavy atom. The van der Waals surface area contributed by atoms with Crippen LogP contribution in [0.1, 0.15) is 48.9 Å². The highest BCUT2D eigenvalue weighted by Gasteiger charge is 2.21. The van der Waals surface area contributed by atoms with E-state index in [0.717, 1.165) is 23.6 Å². The topological polar surface area (TPSA) is 90.2 Å². The molecule has 2 rings (SSSR count). The Kier molecular flexibility index (Phi) is 7.25. The van der Waals surface area contributed by atoms with E-state index in [1.807, 2.05) is 37.6 Å². The number of rotatable bonds is 8. The second-order valence-corrected chi connectivity index (χ2v) is 7.36. The Morgan fingerprint density at radius 2 is 1.86 bits per heavy atom. The number of ether oxygens (including phenoxy) is 1. The van der Waals surface area contributed by atoms with Crippen LogP contribution in [0.3, 0.4) is 0 Å². The third-order valence-corrected chi connectivity index (χ3v) is 4.50. The molecule has 8 nitrogen and oxygen atoms in total. The minimum atomic E-state index is -0.469. The fraction of sp³-hybridized carbons (Fsp3) is 0.550. The van der Waals surface area contributed by atoms with Gasteiger partial charge in [0.15, 0.2) is 0 Å². The molecule has 0 aliphatic carbocycles. The molecular formula is C20H31N5O3. The van der Waals surface area contributed by atoms with Crippen molar-refractivity contribution in [1.29, 1.82) is 0 Å². The number of carbonyl (C=O) groups is 2. The van der Waals surface area contributed by atoms with Crippen molar-refractivity contribution in [2.75, 3.05) is 13.2 Å². The molecular weight excluding hydrogens is 358 g/mol. The predicted molar refractivity (Wildman–Crippen MR) is 108 cm³/mol. The fourth-order valence-corrected chi connectivity index (χ4v) is 3.27. The van der Waals surface area contributed by atoms with Crippen LogP contribution in [-0.2, 0) is 11.8 Å². The number of hydrogen-bond donors (Lipinski definition) is 2. The van der Waals surface area contributed by atoms with Crippen LogP contribution in [0.2, 0.25) is 0 Å². The van der Waals surface area contributed by atoms with Crippen LogP contribution in [0.5, 0.6) is 0 Å². The monoisotopic (exact) mass is 389 g/mol. The Labute approximate surface area is 166 Å². The highest BCUT2D eigenvalue weighted by Crippen LogP contribution is 2.19. The Hall–Kier alpha value is -2.77. The van der Waals surface area contributed by atoms with E-state index in [4.69, 9.17) is 4.74 Å². The van der Waals surface area contributed by atoms with E-state index < -0.39 is 6.09 Å². The fourth-order valence-electron chi connectivity index (χ4n) is 3.27. The zero-order valence-electron chi connectivity index (χ0n) is 17.6. The van der Waals surface area contributed by atoms with Gasteiger partial charge in [0.1, 0.15) is 11.4 Å². The first-order valence-electron chi connectivity index (χ1n) is 9.63. The lowest BCUT2D eigenvalue weighted by atomic mass is 10.0. The number of aryl methyl sites for hydroxylation is 3. The molecule has 28 heavy (non-hydrogen) atoms. The largest absolute Gasteiger partial charge is 0.450 e. The highest BCUT2D eigenvalue weighted by atomic mass is 16.5. The van der Waals surface area contributed by atoms with Gasteiger partial charge < -0.3 is 19.9 Å². The van der Waals surface area contributed by atoms with Crippen LogP contribution in [0, 0.1) is 19.8 Å². The van der Waals surface area contributed by atoms with Gasteiger partial charge >= 0.3 is 6.09 Å². The van der Waals surface area contributed by atoms with E-state index in [-0.39, 0.29) is 11.9 Å². The molecule has 0 saturated heterocycles. The summed E-state index contributed by atoms with van der Waals surface area (Å²) in [5.41, 5.74) is 2.54. The maximum absolute atomic E-state index is 12.9. The Morgan fingerprint density at radius 1 is 1.21 bits per heavy atom. The minimum absolute atomic E-state index is 0.210. The first-order valence-corrected chi connectivity index (χ1v) is 9.63. The number of amides is 2. The Balaban J connectivity index is 2.15. The van der Waals surface area contributed by atoms with Gasteiger partial charge in [0, 0.05) is 31.0 Å². The second kappa shape index (κ2) is 9.43. The van der Waals surface area contributed by atoms with Gasteiger partial charge in [-0.2, -0.15) is 5.10 Å². The maximum atomic E-state index is 12.9. The second-order valence-electron chi connectivity index (χ2n) is 7.36. The molecule has 2 N–H and O–H groups in total. The molecule has 0 spiro atoms. The lowest BCUT2D eigenvalue weighted by molar-refractivity contribution is 0.0944. The number of aromatic nitrogens is 3. The Bertz CT molecular complexity index is 802. The molecule has 0 saturated carbocycles. The first-order chi connectivity index (χ1) is 13.2. The molecule has 1 atom stereocenters. The SMILES string of the molecule is CCOC(=O)NC(CNC(=O)c1cnn(C)c1-n1c(C)ccc1C)CC(C)C. The van der Waals surface area contributed by atoms with Crippen LogP contribution in [0.4, 0.5) is 4.79 Å². The van der Waals surface area contributed by atoms with Crippen molar-refractivity contribution in [1.82, 2.24) is 25.0 Å². The van der Waals surface area contributed by atoms with Crippen molar-refractivity contribution in [2.24, 2.45) is 13.0 Å². The standard InChI is InChI=1S/C20H31N5O3/c1-7-28-20(27)23-16(10-13(2)3)11-21-18(26)17-12-22-24(6)19(17)25-14(4)8-9-15(25)5/h8-9,12-13,16H,7,10-11H2,1-6H3,(H,21,26)(H,23,27). The summed E-state index contributed by atoms with van der Waals surface area (Å²) in [5, 5.41) is 10.0. The van der Waals surface area contributed by atoms with Gasteiger partial charge in [-0.05, 0) is 45.2 Å². The molecule has 1 unspecified atom stereocenters. The normalized spacial score (nSPS) is 12.1. The lowest BCUT2D eigenvalue weighted by Gasteiger charge is -2.21. The minimum Gasteiger partial charge on any atom is -0.450 e. The van der Waals surface area contributed by atoms with Crippen LogP contribution >= 0.6 is 0 Å². The molecule has 0 aliphatic rings. The van der Waals surface area contributed by atoms with E-state index >= 15 is 0 Å². The third-order valence-electron chi connectivity index (χ3n) is 4.50. The van der Waals surface area contributed by atoms with E-state index in [9.17, 15) is 9.59 Å². The molecule has 0 aromatic carbocycles. The van der Waals surface area contributed by atoms with E-state index in [0.29, 0.717) is 24.6 Å². The number of carbonyl (C=O) groups excluding carboxylic acids is 2. The first kappa shape index (κ1) is 21.5. The van der Waals surface area contributed by atoms with Gasteiger partial charge in [0.05, 0.1) is 12.8 Å². The van der Waals surface area contributed by atoms with Gasteiger partial charge in [-0.25, -0.2) is 4.79 Å². The van der Waals surface area contributed by atoms with Crippen LogP contribution in [0.15, 0.2) is 18.3 Å². The molecule has 2 aromatic heterocycles. The van der Waals surface area contributed by atoms with Gasteiger partial charge in [-0.3, -0.25) is 9.48 Å². The van der Waals surface area contributed by atoms with E-state index in [2.05, 4.69) is 29.6 Å². The van der Waals surface area contributed by atoms with Crippen LogP contribution in [-0.4, -0.2) is 45.5 Å². The molecule has 8 heteroatoms. The van der Waals surface area contributed by atoms with Gasteiger partial charge in [-0.1, -0.05) is 13.8 Å². The van der Waals surface area contributed by atoms with Crippen molar-refractivity contribution < 1.29 is 14.3 Å². The summed E-state index contributed by atoms with van der Waals surface area (Å²) in [6.07, 6.45) is 1.83. The molecule has 0 aliphatic heterocycles. The maximum Gasteiger partial charge on any atom is 0.407 e. The molecule has 2 amide bonds. The number of alkyl carbamates (subject to hydrolysis) is 1. The number of nitrogens with zero attached hydrogens (tertiary/aromatic N) is 3. The van der Waals surface area contributed by atoms with Crippen LogP contribution < -0.4 is 10.6 Å².